The van der Waals surface area contributed by atoms with Gasteiger partial charge in [-0.15, -0.1) is 6.58 Å². The third-order valence-electron chi connectivity index (χ3n) is 0.651. The molecule has 0 heterocycles. The van der Waals surface area contributed by atoms with Crippen LogP contribution in [-0.4, -0.2) is 6.29 Å². The zero-order valence-electron chi connectivity index (χ0n) is 4.42. The molecule has 0 aromatic heterocycles. The van der Waals surface area contributed by atoms with Crippen LogP contribution in [0.25, 0.3) is 0 Å². The third-order valence-corrected chi connectivity index (χ3v) is 0.963. The summed E-state index contributed by atoms with van der Waals surface area (Å²) >= 11 is 3.76. The van der Waals surface area contributed by atoms with Crippen LogP contribution in [0.2, 0.25) is 0 Å². The Balaban J connectivity index is 3.71. The lowest BCUT2D eigenvalue weighted by molar-refractivity contribution is 0.561. The smallest absolute Gasteiger partial charge is 0.230 e. The number of hydrogen-bond donors (Lipinski definition) is 1. The number of rotatable bonds is 3. The van der Waals surface area contributed by atoms with Crippen LogP contribution >= 0.6 is 12.6 Å². The Kier molecular flexibility index (Phi) is 4.36. The van der Waals surface area contributed by atoms with Crippen LogP contribution in [0.5, 0.6) is 0 Å². The monoisotopic (exact) mass is 127 g/mol. The Morgan fingerprint density at radius 3 is 2.62 bits per heavy atom. The number of thiol groups is 1. The first-order valence-corrected chi connectivity index (χ1v) is 2.69. The summed E-state index contributed by atoms with van der Waals surface area (Å²) in [7, 11) is 0. The van der Waals surface area contributed by atoms with Gasteiger partial charge in [0.1, 0.15) is 0 Å². The molecule has 8 heavy (non-hydrogen) atoms. The van der Waals surface area contributed by atoms with Gasteiger partial charge in [-0.25, -0.2) is 0 Å². The van der Waals surface area contributed by atoms with Crippen LogP contribution in [0.15, 0.2) is 23.6 Å². The Morgan fingerprint density at radius 2 is 2.50 bits per heavy atom. The van der Waals surface area contributed by atoms with E-state index in [0.29, 0.717) is 12.0 Å². The molecule has 43 valence electrons. The lowest BCUT2D eigenvalue weighted by Gasteiger charge is -1.84. The highest BCUT2D eigenvalue weighted by molar-refractivity contribution is 7.83. The molecule has 0 aliphatic heterocycles. The predicted octanol–water partition coefficient (Wildman–Crippen LogP) is 1.49. The predicted molar refractivity (Wildman–Crippen MR) is 37.6 cm³/mol. The Morgan fingerprint density at radius 1 is 1.88 bits per heavy atom. The van der Waals surface area contributed by atoms with Gasteiger partial charge in [-0.2, -0.15) is 12.6 Å². The number of carbonyl (C=O) groups excluding carboxylic acids is 1. The first-order chi connectivity index (χ1) is 3.85. The molecule has 0 rings (SSSR count). The molecule has 0 atom stereocenters. The average molecular weight is 127 g/mol. The van der Waals surface area contributed by atoms with E-state index >= 15 is 0 Å². The van der Waals surface area contributed by atoms with Crippen LogP contribution in [0.1, 0.15) is 6.42 Å². The molecule has 2 heteroatoms. The van der Waals surface area contributed by atoms with E-state index in [4.69, 9.17) is 0 Å². The molecule has 0 aromatic rings. The van der Waals surface area contributed by atoms with Gasteiger partial charge in [-0.1, -0.05) is 6.08 Å². The number of hydrogen-bond acceptors (Lipinski definition) is 2. The summed E-state index contributed by atoms with van der Waals surface area (Å²) in [5.41, 5.74) is 0.531. The van der Waals surface area contributed by atoms with Crippen molar-refractivity contribution in [3.8, 4) is 0 Å². The fourth-order valence-corrected chi connectivity index (χ4v) is 0.434. The Hall–Kier alpha value is -0.500. The number of allylic oxidation sites excluding steroid dienone is 2. The van der Waals surface area contributed by atoms with Crippen molar-refractivity contribution in [3.63, 3.8) is 0 Å². The zero-order chi connectivity index (χ0) is 6.41. The first-order valence-electron chi connectivity index (χ1n) is 2.17. The summed E-state index contributed by atoms with van der Waals surface area (Å²) < 4.78 is 0. The largest absolute Gasteiger partial charge is 0.285 e. The molecule has 1 radical (unpaired) electrons. The molecule has 0 saturated carbocycles. The van der Waals surface area contributed by atoms with E-state index in [1.165, 1.54) is 5.41 Å². The maximum absolute atomic E-state index is 9.84. The van der Waals surface area contributed by atoms with Crippen LogP contribution in [-0.2, 0) is 4.79 Å². The molecule has 0 saturated heterocycles. The van der Waals surface area contributed by atoms with Gasteiger partial charge in [0.2, 0.25) is 6.29 Å². The average Bonchev–Trinajstić information content (AvgIpc) is 1.83. The summed E-state index contributed by atoms with van der Waals surface area (Å²) in [6.07, 6.45) is 3.90. The van der Waals surface area contributed by atoms with E-state index in [1.807, 2.05) is 0 Å². The minimum absolute atomic E-state index is 0.531. The van der Waals surface area contributed by atoms with Crippen molar-refractivity contribution >= 4 is 18.9 Å². The summed E-state index contributed by atoms with van der Waals surface area (Å²) in [6.45, 7) is 3.44. The van der Waals surface area contributed by atoms with E-state index in [9.17, 15) is 4.79 Å². The van der Waals surface area contributed by atoms with E-state index in [0.717, 1.165) is 0 Å². The minimum atomic E-state index is 0.531. The van der Waals surface area contributed by atoms with Crippen molar-refractivity contribution < 1.29 is 4.79 Å². The molecular weight excluding hydrogens is 120 g/mol. The van der Waals surface area contributed by atoms with E-state index < -0.39 is 0 Å². The molecule has 0 amide bonds. The molecule has 0 aliphatic carbocycles. The molecule has 0 bridgehead atoms. The molecule has 0 spiro atoms. The van der Waals surface area contributed by atoms with Crippen molar-refractivity contribution in [2.24, 2.45) is 0 Å². The molecule has 0 fully saturated rings. The van der Waals surface area contributed by atoms with Crippen LogP contribution in [0.3, 0.4) is 0 Å². The van der Waals surface area contributed by atoms with Crippen molar-refractivity contribution in [1.82, 2.24) is 0 Å². The summed E-state index contributed by atoms with van der Waals surface area (Å²) in [6, 6.07) is 0. The highest BCUT2D eigenvalue weighted by atomic mass is 32.1. The van der Waals surface area contributed by atoms with Crippen molar-refractivity contribution in [2.75, 3.05) is 0 Å². The second kappa shape index (κ2) is 4.65. The Labute approximate surface area is 54.5 Å². The van der Waals surface area contributed by atoms with E-state index in [-0.39, 0.29) is 0 Å². The molecule has 0 unspecified atom stereocenters. The van der Waals surface area contributed by atoms with E-state index in [1.54, 1.807) is 12.4 Å². The normalized spacial score (nSPS) is 10.9. The molecule has 0 aromatic carbocycles. The lowest BCUT2D eigenvalue weighted by Crippen LogP contribution is -1.77. The maximum Gasteiger partial charge on any atom is 0.230 e. The quantitative estimate of drug-likeness (QED) is 0.345. The van der Waals surface area contributed by atoms with Gasteiger partial charge in [0, 0.05) is 5.57 Å². The zero-order valence-corrected chi connectivity index (χ0v) is 5.32. The molecule has 1 nitrogen and oxygen atoms in total. The lowest BCUT2D eigenvalue weighted by atomic mass is 10.2. The molecule has 0 N–H and O–H groups in total. The van der Waals surface area contributed by atoms with Crippen LogP contribution in [0, 0.1) is 0 Å². The van der Waals surface area contributed by atoms with Gasteiger partial charge in [0.15, 0.2) is 0 Å². The topological polar surface area (TPSA) is 17.1 Å². The second-order valence-corrected chi connectivity index (χ2v) is 1.51. The maximum atomic E-state index is 9.84. The van der Waals surface area contributed by atoms with Gasteiger partial charge in [-0.3, -0.25) is 4.79 Å². The highest BCUT2D eigenvalue weighted by Crippen LogP contribution is 1.98. The summed E-state index contributed by atoms with van der Waals surface area (Å²) in [5.74, 6) is 0. The SMILES string of the molecule is C=CC/C([C]=O)=C\S. The van der Waals surface area contributed by atoms with Crippen molar-refractivity contribution in [3.05, 3.63) is 23.6 Å². The fourth-order valence-electron chi connectivity index (χ4n) is 0.276. The summed E-state index contributed by atoms with van der Waals surface area (Å²) in [5, 5.41) is 1.43. The van der Waals surface area contributed by atoms with Crippen LogP contribution < -0.4 is 0 Å². The van der Waals surface area contributed by atoms with E-state index in [2.05, 4.69) is 19.2 Å². The standard InChI is InChI=1S/C6H7OS/c1-2-3-6(4-7)5-8/h2,5,8H,1,3H2/b6-5+. The fraction of sp³-hybridized carbons (Fsp3) is 0.167. The van der Waals surface area contributed by atoms with Crippen molar-refractivity contribution in [1.29, 1.82) is 0 Å². The van der Waals surface area contributed by atoms with Gasteiger partial charge in [0.05, 0.1) is 0 Å². The van der Waals surface area contributed by atoms with Gasteiger partial charge >= 0.3 is 0 Å². The summed E-state index contributed by atoms with van der Waals surface area (Å²) in [4.78, 5) is 9.84. The van der Waals surface area contributed by atoms with Gasteiger partial charge < -0.3 is 0 Å². The minimum Gasteiger partial charge on any atom is -0.285 e. The first kappa shape index (κ1) is 7.50. The van der Waals surface area contributed by atoms with Gasteiger partial charge in [0.25, 0.3) is 0 Å². The van der Waals surface area contributed by atoms with Crippen molar-refractivity contribution in [2.45, 2.75) is 6.42 Å². The molecule has 0 aliphatic rings. The Bertz CT molecular complexity index is 116. The van der Waals surface area contributed by atoms with Gasteiger partial charge in [-0.05, 0) is 11.8 Å². The molecular formula is C6H7OS. The highest BCUT2D eigenvalue weighted by Gasteiger charge is 1.87. The van der Waals surface area contributed by atoms with Crippen LogP contribution in [0.4, 0.5) is 0 Å². The second-order valence-electron chi connectivity index (χ2n) is 1.25. The third kappa shape index (κ3) is 2.64.